The summed E-state index contributed by atoms with van der Waals surface area (Å²) in [6.07, 6.45) is 1.57. The topological polar surface area (TPSA) is 77.8 Å². The van der Waals surface area contributed by atoms with Crippen molar-refractivity contribution in [3.8, 4) is 0 Å². The van der Waals surface area contributed by atoms with Crippen LogP contribution in [0.3, 0.4) is 0 Å². The van der Waals surface area contributed by atoms with Crippen molar-refractivity contribution in [2.45, 2.75) is 20.4 Å². The molecule has 22 heavy (non-hydrogen) atoms. The van der Waals surface area contributed by atoms with E-state index in [1.807, 2.05) is 26.0 Å². The van der Waals surface area contributed by atoms with Gasteiger partial charge in [-0.15, -0.1) is 0 Å². The van der Waals surface area contributed by atoms with Gasteiger partial charge in [-0.2, -0.15) is 0 Å². The Morgan fingerprint density at radius 3 is 2.59 bits per heavy atom. The Morgan fingerprint density at radius 1 is 1.05 bits per heavy atom. The van der Waals surface area contributed by atoms with Crippen molar-refractivity contribution in [3.05, 3.63) is 73.9 Å². The molecule has 0 aliphatic rings. The van der Waals surface area contributed by atoms with Crippen LogP contribution in [0.15, 0.2) is 46.1 Å². The number of H-pyrrole nitrogens is 2. The van der Waals surface area contributed by atoms with E-state index in [2.05, 4.69) is 21.4 Å². The van der Waals surface area contributed by atoms with Gasteiger partial charge >= 0.3 is 0 Å². The summed E-state index contributed by atoms with van der Waals surface area (Å²) in [5, 5.41) is 3.98. The molecule has 0 aliphatic heterocycles. The van der Waals surface area contributed by atoms with Crippen LogP contribution < -0.4 is 16.4 Å². The zero-order valence-corrected chi connectivity index (χ0v) is 12.5. The molecular weight excluding hydrogens is 278 g/mol. The molecule has 3 N–H and O–H groups in total. The molecule has 112 valence electrons. The zero-order valence-electron chi connectivity index (χ0n) is 12.5. The van der Waals surface area contributed by atoms with E-state index in [0.717, 1.165) is 16.5 Å². The largest absolute Gasteiger partial charge is 0.376 e. The van der Waals surface area contributed by atoms with Crippen molar-refractivity contribution >= 4 is 16.6 Å². The third-order valence-electron chi connectivity index (χ3n) is 3.82. The number of aromatic nitrogens is 2. The molecule has 2 aromatic heterocycles. The maximum atomic E-state index is 12.2. The normalized spacial score (nSPS) is 10.8. The Hall–Kier alpha value is -2.82. The van der Waals surface area contributed by atoms with Crippen molar-refractivity contribution in [2.24, 2.45) is 0 Å². The predicted octanol–water partition coefficient (Wildman–Crippen LogP) is 2.45. The number of hydrogen-bond acceptors (Lipinski definition) is 3. The Morgan fingerprint density at radius 2 is 1.82 bits per heavy atom. The minimum absolute atomic E-state index is 0.143. The third kappa shape index (κ3) is 2.65. The first-order valence-corrected chi connectivity index (χ1v) is 7.09. The molecule has 3 aromatic rings. The van der Waals surface area contributed by atoms with Crippen LogP contribution in [0.4, 0.5) is 5.69 Å². The van der Waals surface area contributed by atoms with Crippen molar-refractivity contribution in [2.75, 3.05) is 5.32 Å². The maximum Gasteiger partial charge on any atom is 0.271 e. The average Bonchev–Trinajstić information content (AvgIpc) is 2.48. The van der Waals surface area contributed by atoms with E-state index >= 15 is 0 Å². The highest BCUT2D eigenvalue weighted by atomic mass is 16.1. The summed E-state index contributed by atoms with van der Waals surface area (Å²) in [4.78, 5) is 29.3. The molecule has 2 heterocycles. The van der Waals surface area contributed by atoms with Crippen LogP contribution in [0.5, 0.6) is 0 Å². The first-order chi connectivity index (χ1) is 10.5. The van der Waals surface area contributed by atoms with Crippen LogP contribution in [0.25, 0.3) is 10.9 Å². The Kier molecular flexibility index (Phi) is 3.55. The number of fused-ring (bicyclic) bond motifs is 1. The monoisotopic (exact) mass is 295 g/mol. The van der Waals surface area contributed by atoms with Gasteiger partial charge in [0.1, 0.15) is 5.69 Å². The molecule has 0 radical (unpaired) electrons. The quantitative estimate of drug-likeness (QED) is 0.694. The smallest absolute Gasteiger partial charge is 0.271 e. The number of anilines is 1. The lowest BCUT2D eigenvalue weighted by Crippen LogP contribution is -2.18. The molecule has 0 aliphatic carbocycles. The molecule has 0 spiro atoms. The van der Waals surface area contributed by atoms with Crippen LogP contribution >= 0.6 is 0 Å². The fraction of sp³-hybridized carbons (Fsp3) is 0.176. The van der Waals surface area contributed by atoms with E-state index in [1.165, 1.54) is 5.56 Å². The fourth-order valence-electron chi connectivity index (χ4n) is 2.40. The Balaban J connectivity index is 1.96. The molecule has 1 aromatic carbocycles. The predicted molar refractivity (Wildman–Crippen MR) is 88.4 cm³/mol. The van der Waals surface area contributed by atoms with Crippen molar-refractivity contribution < 1.29 is 0 Å². The van der Waals surface area contributed by atoms with Crippen LogP contribution in [0.1, 0.15) is 16.7 Å². The highest BCUT2D eigenvalue weighted by Gasteiger charge is 2.06. The number of benzene rings is 1. The van der Waals surface area contributed by atoms with Crippen LogP contribution in [-0.2, 0) is 6.54 Å². The summed E-state index contributed by atoms with van der Waals surface area (Å²) in [6.45, 7) is 4.36. The summed E-state index contributed by atoms with van der Waals surface area (Å²) in [5.41, 5.74) is 3.85. The Labute approximate surface area is 127 Å². The first-order valence-electron chi connectivity index (χ1n) is 7.09. The zero-order chi connectivity index (χ0) is 15.7. The number of pyridine rings is 2. The van der Waals surface area contributed by atoms with E-state index in [-0.39, 0.29) is 11.1 Å². The Bertz CT molecular complexity index is 954. The second-order valence-corrected chi connectivity index (χ2v) is 5.41. The van der Waals surface area contributed by atoms with Crippen LogP contribution in [-0.4, -0.2) is 9.97 Å². The van der Waals surface area contributed by atoms with Gasteiger partial charge in [0, 0.05) is 23.8 Å². The summed E-state index contributed by atoms with van der Waals surface area (Å²) in [6, 6.07) is 9.32. The number of hydrogen-bond donors (Lipinski definition) is 3. The number of aromatic amines is 2. The molecule has 0 saturated carbocycles. The van der Waals surface area contributed by atoms with Gasteiger partial charge in [-0.05, 0) is 60.7 Å². The van der Waals surface area contributed by atoms with Gasteiger partial charge in [0.15, 0.2) is 0 Å². The molecule has 5 nitrogen and oxygen atoms in total. The first kappa shape index (κ1) is 14.1. The lowest BCUT2D eigenvalue weighted by atomic mass is 10.0. The molecule has 0 bridgehead atoms. The molecule has 0 unspecified atom stereocenters. The molecule has 0 fully saturated rings. The second-order valence-electron chi connectivity index (χ2n) is 5.41. The number of rotatable bonds is 3. The number of nitrogens with one attached hydrogen (secondary N) is 3. The van der Waals surface area contributed by atoms with Gasteiger partial charge in [0.05, 0.1) is 0 Å². The van der Waals surface area contributed by atoms with E-state index in [4.69, 9.17) is 0 Å². The molecule has 3 rings (SSSR count). The fourth-order valence-corrected chi connectivity index (χ4v) is 2.40. The molecular formula is C17H17N3O2. The average molecular weight is 295 g/mol. The standard InChI is InChI=1S/C17H17N3O2/c1-10-6-12-8-13(16(21)20-15(12)7-11(10)2)9-19-14-4-3-5-18-17(14)22/h3-8,19H,9H2,1-2H3,(H,18,22)(H,20,21). The minimum atomic E-state index is -0.203. The number of aryl methyl sites for hydroxylation is 2. The maximum absolute atomic E-state index is 12.2. The van der Waals surface area contributed by atoms with Gasteiger partial charge < -0.3 is 15.3 Å². The lowest BCUT2D eigenvalue weighted by molar-refractivity contribution is 1.07. The van der Waals surface area contributed by atoms with Crippen LogP contribution in [0, 0.1) is 13.8 Å². The van der Waals surface area contributed by atoms with Crippen molar-refractivity contribution in [1.82, 2.24) is 9.97 Å². The van der Waals surface area contributed by atoms with Crippen molar-refractivity contribution in [1.29, 1.82) is 0 Å². The SMILES string of the molecule is Cc1cc2cc(CNc3ccc[nH]c3=O)c(=O)[nH]c2cc1C. The van der Waals surface area contributed by atoms with Crippen molar-refractivity contribution in [3.63, 3.8) is 0 Å². The molecule has 5 heteroatoms. The van der Waals surface area contributed by atoms with E-state index < -0.39 is 0 Å². The van der Waals surface area contributed by atoms with E-state index in [0.29, 0.717) is 17.8 Å². The van der Waals surface area contributed by atoms with E-state index in [1.54, 1.807) is 18.3 Å². The van der Waals surface area contributed by atoms with Gasteiger partial charge in [0.25, 0.3) is 11.1 Å². The molecule has 0 atom stereocenters. The lowest BCUT2D eigenvalue weighted by Gasteiger charge is -2.08. The molecule has 0 amide bonds. The minimum Gasteiger partial charge on any atom is -0.376 e. The third-order valence-corrected chi connectivity index (χ3v) is 3.82. The summed E-state index contributed by atoms with van der Waals surface area (Å²) >= 11 is 0. The highest BCUT2D eigenvalue weighted by molar-refractivity contribution is 5.80. The highest BCUT2D eigenvalue weighted by Crippen LogP contribution is 2.17. The summed E-state index contributed by atoms with van der Waals surface area (Å²) in [7, 11) is 0. The van der Waals surface area contributed by atoms with E-state index in [9.17, 15) is 9.59 Å². The summed E-state index contributed by atoms with van der Waals surface area (Å²) in [5.74, 6) is 0. The van der Waals surface area contributed by atoms with Gasteiger partial charge in [0.2, 0.25) is 0 Å². The molecule has 0 saturated heterocycles. The van der Waals surface area contributed by atoms with Gasteiger partial charge in [-0.1, -0.05) is 0 Å². The van der Waals surface area contributed by atoms with Gasteiger partial charge in [-0.25, -0.2) is 0 Å². The second kappa shape index (κ2) is 5.52. The van der Waals surface area contributed by atoms with Crippen LogP contribution in [0.2, 0.25) is 0 Å². The summed E-state index contributed by atoms with van der Waals surface area (Å²) < 4.78 is 0. The van der Waals surface area contributed by atoms with Gasteiger partial charge in [-0.3, -0.25) is 9.59 Å².